The van der Waals surface area contributed by atoms with Crippen molar-refractivity contribution in [1.29, 1.82) is 0 Å². The Hall–Kier alpha value is -0.420. The minimum atomic E-state index is -0.328. The van der Waals surface area contributed by atoms with Gasteiger partial charge in [0.1, 0.15) is 5.82 Å². The minimum Gasteiger partial charge on any atom is -0.323 e. The van der Waals surface area contributed by atoms with Crippen LogP contribution in [-0.4, -0.2) is 0 Å². The van der Waals surface area contributed by atoms with E-state index in [0.29, 0.717) is 11.4 Å². The van der Waals surface area contributed by atoms with Crippen LogP contribution in [0, 0.1) is 5.82 Å². The van der Waals surface area contributed by atoms with Gasteiger partial charge in [0.25, 0.3) is 0 Å². The van der Waals surface area contributed by atoms with Gasteiger partial charge >= 0.3 is 0 Å². The molecule has 90 valence electrons. The van der Waals surface area contributed by atoms with Crippen LogP contribution in [0.1, 0.15) is 16.5 Å². The number of rotatable bonds is 3. The summed E-state index contributed by atoms with van der Waals surface area (Å²) in [4.78, 5) is 1.08. The number of thiophene rings is 1. The Kier molecular flexibility index (Phi) is 4.20. The molecule has 0 bridgehead atoms. The van der Waals surface area contributed by atoms with Crippen molar-refractivity contribution in [3.8, 4) is 0 Å². The first kappa shape index (κ1) is 13.0. The Morgan fingerprint density at radius 3 is 2.71 bits per heavy atom. The number of hydrogen-bond donors (Lipinski definition) is 1. The highest BCUT2D eigenvalue weighted by Crippen LogP contribution is 2.29. The van der Waals surface area contributed by atoms with Crippen LogP contribution >= 0.6 is 38.9 Å². The van der Waals surface area contributed by atoms with Crippen LogP contribution in [0.5, 0.6) is 0 Å². The zero-order valence-electron chi connectivity index (χ0n) is 8.79. The summed E-state index contributed by atoms with van der Waals surface area (Å²) in [5.41, 5.74) is 6.95. The summed E-state index contributed by atoms with van der Waals surface area (Å²) in [5.74, 6) is -0.328. The predicted octanol–water partition coefficient (Wildman–Crippen LogP) is 4.55. The molecule has 1 nitrogen and oxygen atoms in total. The first-order valence-electron chi connectivity index (χ1n) is 5.01. The molecule has 17 heavy (non-hydrogen) atoms. The molecule has 5 heteroatoms. The standard InChI is InChI=1S/C12H10BrClFNS/c13-12-4-3-11(17-12)10(16)5-7-1-2-8(15)6-9(7)14/h1-4,6,10H,5,16H2. The summed E-state index contributed by atoms with van der Waals surface area (Å²) >= 11 is 11.0. The molecule has 0 radical (unpaired) electrons. The molecule has 2 rings (SSSR count). The van der Waals surface area contributed by atoms with E-state index < -0.39 is 0 Å². The zero-order valence-corrected chi connectivity index (χ0v) is 11.9. The minimum absolute atomic E-state index is 0.116. The summed E-state index contributed by atoms with van der Waals surface area (Å²) in [6.07, 6.45) is 0.603. The Morgan fingerprint density at radius 1 is 1.35 bits per heavy atom. The van der Waals surface area contributed by atoms with E-state index in [2.05, 4.69) is 15.9 Å². The Bertz CT molecular complexity index is 529. The fraction of sp³-hybridized carbons (Fsp3) is 0.167. The van der Waals surface area contributed by atoms with Crippen LogP contribution in [0.3, 0.4) is 0 Å². The highest BCUT2D eigenvalue weighted by molar-refractivity contribution is 9.11. The van der Waals surface area contributed by atoms with Gasteiger partial charge in [0.2, 0.25) is 0 Å². The van der Waals surface area contributed by atoms with Gasteiger partial charge in [-0.3, -0.25) is 0 Å². The van der Waals surface area contributed by atoms with Crippen molar-refractivity contribution in [3.05, 3.63) is 55.4 Å². The van der Waals surface area contributed by atoms with Crippen LogP contribution in [0.25, 0.3) is 0 Å². The summed E-state index contributed by atoms with van der Waals surface area (Å²) in [6, 6.07) is 8.23. The molecular formula is C12H10BrClFNS. The van der Waals surface area contributed by atoms with E-state index in [-0.39, 0.29) is 11.9 Å². The van der Waals surface area contributed by atoms with Crippen molar-refractivity contribution < 1.29 is 4.39 Å². The molecule has 0 saturated heterocycles. The van der Waals surface area contributed by atoms with Crippen LogP contribution in [0.2, 0.25) is 5.02 Å². The number of benzene rings is 1. The molecule has 0 aliphatic heterocycles. The molecule has 0 aliphatic rings. The number of halogens is 3. The molecule has 0 fully saturated rings. The summed E-state index contributed by atoms with van der Waals surface area (Å²) in [5, 5.41) is 0.427. The normalized spacial score (nSPS) is 12.7. The molecule has 1 heterocycles. The lowest BCUT2D eigenvalue weighted by atomic mass is 10.1. The van der Waals surface area contributed by atoms with E-state index in [9.17, 15) is 4.39 Å². The third-order valence-corrected chi connectivity index (χ3v) is 4.52. The first-order chi connectivity index (χ1) is 8.06. The second-order valence-electron chi connectivity index (χ2n) is 3.69. The van der Waals surface area contributed by atoms with Gasteiger partial charge in [-0.1, -0.05) is 17.7 Å². The summed E-state index contributed by atoms with van der Waals surface area (Å²) in [6.45, 7) is 0. The lowest BCUT2D eigenvalue weighted by Crippen LogP contribution is -2.12. The van der Waals surface area contributed by atoms with E-state index in [0.717, 1.165) is 14.2 Å². The van der Waals surface area contributed by atoms with Crippen molar-refractivity contribution in [1.82, 2.24) is 0 Å². The van der Waals surface area contributed by atoms with Gasteiger partial charge in [-0.05, 0) is 52.2 Å². The lowest BCUT2D eigenvalue weighted by molar-refractivity contribution is 0.626. The number of nitrogens with two attached hydrogens (primary N) is 1. The monoisotopic (exact) mass is 333 g/mol. The van der Waals surface area contributed by atoms with Crippen molar-refractivity contribution in [2.24, 2.45) is 5.73 Å². The van der Waals surface area contributed by atoms with Gasteiger partial charge in [0.05, 0.1) is 3.79 Å². The molecule has 1 aromatic carbocycles. The molecular weight excluding hydrogens is 325 g/mol. The first-order valence-corrected chi connectivity index (χ1v) is 7.00. The molecule has 0 amide bonds. The smallest absolute Gasteiger partial charge is 0.124 e. The average Bonchev–Trinajstić information content (AvgIpc) is 2.69. The third kappa shape index (κ3) is 3.28. The van der Waals surface area contributed by atoms with Gasteiger partial charge in [-0.25, -0.2) is 4.39 Å². The maximum absolute atomic E-state index is 12.9. The largest absolute Gasteiger partial charge is 0.323 e. The van der Waals surface area contributed by atoms with Crippen molar-refractivity contribution >= 4 is 38.9 Å². The predicted molar refractivity (Wildman–Crippen MR) is 74.1 cm³/mol. The van der Waals surface area contributed by atoms with Crippen molar-refractivity contribution in [2.45, 2.75) is 12.5 Å². The molecule has 2 aromatic rings. The fourth-order valence-electron chi connectivity index (χ4n) is 1.55. The van der Waals surface area contributed by atoms with Gasteiger partial charge in [-0.15, -0.1) is 11.3 Å². The van der Waals surface area contributed by atoms with Crippen molar-refractivity contribution in [3.63, 3.8) is 0 Å². The quantitative estimate of drug-likeness (QED) is 0.876. The van der Waals surface area contributed by atoms with E-state index in [1.54, 1.807) is 17.4 Å². The Balaban J connectivity index is 2.15. The second-order valence-corrected chi connectivity index (χ2v) is 6.59. The molecule has 1 aromatic heterocycles. The van der Waals surface area contributed by atoms with E-state index in [1.807, 2.05) is 12.1 Å². The summed E-state index contributed by atoms with van der Waals surface area (Å²) in [7, 11) is 0. The van der Waals surface area contributed by atoms with Gasteiger partial charge in [0, 0.05) is 15.9 Å². The van der Waals surface area contributed by atoms with E-state index in [1.165, 1.54) is 12.1 Å². The van der Waals surface area contributed by atoms with Crippen LogP contribution in [0.15, 0.2) is 34.1 Å². The maximum atomic E-state index is 12.9. The lowest BCUT2D eigenvalue weighted by Gasteiger charge is -2.10. The van der Waals surface area contributed by atoms with Crippen LogP contribution < -0.4 is 5.73 Å². The SMILES string of the molecule is NC(Cc1ccc(F)cc1Cl)c1ccc(Br)s1. The van der Waals surface area contributed by atoms with E-state index >= 15 is 0 Å². The van der Waals surface area contributed by atoms with Crippen molar-refractivity contribution in [2.75, 3.05) is 0 Å². The Labute approximate surface area is 117 Å². The topological polar surface area (TPSA) is 26.0 Å². The zero-order chi connectivity index (χ0) is 12.4. The molecule has 0 aliphatic carbocycles. The van der Waals surface area contributed by atoms with Crippen LogP contribution in [0.4, 0.5) is 4.39 Å². The number of hydrogen-bond acceptors (Lipinski definition) is 2. The molecule has 0 saturated carbocycles. The fourth-order valence-corrected chi connectivity index (χ4v) is 3.22. The maximum Gasteiger partial charge on any atom is 0.124 e. The highest BCUT2D eigenvalue weighted by Gasteiger charge is 2.12. The van der Waals surface area contributed by atoms with Gasteiger partial charge < -0.3 is 5.73 Å². The third-order valence-electron chi connectivity index (χ3n) is 2.41. The average molecular weight is 335 g/mol. The second kappa shape index (κ2) is 5.48. The van der Waals surface area contributed by atoms with E-state index in [4.69, 9.17) is 17.3 Å². The molecule has 1 unspecified atom stereocenters. The summed E-state index contributed by atoms with van der Waals surface area (Å²) < 4.78 is 13.9. The van der Waals surface area contributed by atoms with Gasteiger partial charge in [-0.2, -0.15) is 0 Å². The molecule has 1 atom stereocenters. The molecule has 0 spiro atoms. The Morgan fingerprint density at radius 2 is 2.12 bits per heavy atom. The van der Waals surface area contributed by atoms with Crippen LogP contribution in [-0.2, 0) is 6.42 Å². The highest BCUT2D eigenvalue weighted by atomic mass is 79.9. The van der Waals surface area contributed by atoms with Gasteiger partial charge in [0.15, 0.2) is 0 Å². The molecule has 2 N–H and O–H groups in total.